The van der Waals surface area contributed by atoms with E-state index in [4.69, 9.17) is 4.98 Å². The van der Waals surface area contributed by atoms with E-state index in [-0.39, 0.29) is 0 Å². The Hall–Kier alpha value is -1.89. The number of anilines is 2. The lowest BCUT2D eigenvalue weighted by Gasteiger charge is -2.57. The highest BCUT2D eigenvalue weighted by Gasteiger charge is 2.45. The number of hydrogen-bond donors (Lipinski definition) is 0. The molecule has 0 aromatic carbocycles. The number of rotatable bonds is 4. The molecule has 5 rings (SSSR count). The molecule has 2 bridgehead atoms. The van der Waals surface area contributed by atoms with E-state index in [1.807, 2.05) is 30.8 Å². The van der Waals surface area contributed by atoms with Gasteiger partial charge in [-0.25, -0.2) is 19.9 Å². The van der Waals surface area contributed by atoms with Crippen molar-refractivity contribution in [2.24, 2.45) is 0 Å². The number of piperazine rings is 1. The van der Waals surface area contributed by atoms with Crippen molar-refractivity contribution in [3.63, 3.8) is 0 Å². The van der Waals surface area contributed by atoms with Gasteiger partial charge in [0.15, 0.2) is 5.16 Å². The predicted molar refractivity (Wildman–Crippen MR) is 96.8 cm³/mol. The molecule has 126 valence electrons. The molecule has 0 radical (unpaired) electrons. The van der Waals surface area contributed by atoms with Crippen LogP contribution in [-0.4, -0.2) is 51.4 Å². The molecule has 5 heterocycles. The monoisotopic (exact) mass is 342 g/mol. The normalized spacial score (nSPS) is 22.7. The van der Waals surface area contributed by atoms with E-state index < -0.39 is 0 Å². The van der Waals surface area contributed by atoms with Crippen molar-refractivity contribution in [3.05, 3.63) is 30.4 Å². The van der Waals surface area contributed by atoms with Crippen LogP contribution in [0, 0.1) is 0 Å². The minimum atomic E-state index is 0.355. The van der Waals surface area contributed by atoms with Crippen LogP contribution in [0.3, 0.4) is 0 Å². The number of piperidine rings is 1. The molecule has 3 fully saturated rings. The zero-order valence-corrected chi connectivity index (χ0v) is 15.1. The lowest BCUT2D eigenvalue weighted by atomic mass is 9.87. The van der Waals surface area contributed by atoms with Gasteiger partial charge in [-0.3, -0.25) is 0 Å². The van der Waals surface area contributed by atoms with Gasteiger partial charge in [0.1, 0.15) is 17.5 Å². The average Bonchev–Trinajstić information content (AvgIpc) is 2.62. The van der Waals surface area contributed by atoms with E-state index in [0.29, 0.717) is 18.0 Å². The van der Waals surface area contributed by atoms with Crippen molar-refractivity contribution in [3.8, 4) is 0 Å². The first-order valence-corrected chi connectivity index (χ1v) is 9.61. The summed E-state index contributed by atoms with van der Waals surface area (Å²) in [7, 11) is 0. The largest absolute Gasteiger partial charge is 0.352 e. The Morgan fingerprint density at radius 3 is 2.46 bits per heavy atom. The molecule has 6 nitrogen and oxygen atoms in total. The van der Waals surface area contributed by atoms with Crippen LogP contribution in [0.1, 0.15) is 32.0 Å². The maximum Gasteiger partial charge on any atom is 0.189 e. The summed E-state index contributed by atoms with van der Waals surface area (Å²) in [6, 6.07) is 5.06. The van der Waals surface area contributed by atoms with Crippen molar-refractivity contribution >= 4 is 23.4 Å². The summed E-state index contributed by atoms with van der Waals surface area (Å²) in [4.78, 5) is 22.9. The first kappa shape index (κ1) is 15.6. The van der Waals surface area contributed by atoms with Gasteiger partial charge in [-0.05, 0) is 24.8 Å². The van der Waals surface area contributed by atoms with Crippen molar-refractivity contribution in [1.29, 1.82) is 0 Å². The summed E-state index contributed by atoms with van der Waals surface area (Å²) < 4.78 is 0. The van der Waals surface area contributed by atoms with E-state index in [2.05, 4.69) is 38.6 Å². The Balaban J connectivity index is 1.51. The maximum atomic E-state index is 4.77. The number of aromatic nitrogens is 4. The van der Waals surface area contributed by atoms with Crippen LogP contribution in [0.5, 0.6) is 0 Å². The third kappa shape index (κ3) is 2.70. The van der Waals surface area contributed by atoms with Crippen molar-refractivity contribution < 1.29 is 0 Å². The van der Waals surface area contributed by atoms with Crippen molar-refractivity contribution in [2.75, 3.05) is 29.1 Å². The van der Waals surface area contributed by atoms with Crippen LogP contribution in [0.15, 0.2) is 29.7 Å². The van der Waals surface area contributed by atoms with Gasteiger partial charge in [0, 0.05) is 31.4 Å². The first-order valence-electron chi connectivity index (χ1n) is 8.39. The molecule has 7 heteroatoms. The van der Waals surface area contributed by atoms with Crippen LogP contribution in [0.4, 0.5) is 11.6 Å². The minimum absolute atomic E-state index is 0.355. The summed E-state index contributed by atoms with van der Waals surface area (Å²) in [6.45, 7) is 6.25. The Bertz CT molecular complexity index is 725. The Morgan fingerprint density at radius 2 is 1.75 bits per heavy atom. The molecular formula is C17H22N6S. The molecule has 2 unspecified atom stereocenters. The fourth-order valence-corrected chi connectivity index (χ4v) is 3.91. The highest BCUT2D eigenvalue weighted by atomic mass is 32.2. The van der Waals surface area contributed by atoms with Gasteiger partial charge in [-0.1, -0.05) is 25.6 Å². The second-order valence-electron chi connectivity index (χ2n) is 6.68. The van der Waals surface area contributed by atoms with Crippen molar-refractivity contribution in [1.82, 2.24) is 19.9 Å². The zero-order valence-electron chi connectivity index (χ0n) is 14.3. The molecule has 3 aliphatic rings. The summed E-state index contributed by atoms with van der Waals surface area (Å²) in [5.41, 5.74) is 0. The van der Waals surface area contributed by atoms with Crippen LogP contribution < -0.4 is 9.80 Å². The summed E-state index contributed by atoms with van der Waals surface area (Å²) in [5.74, 6) is 3.39. The number of hydrogen-bond acceptors (Lipinski definition) is 7. The van der Waals surface area contributed by atoms with Gasteiger partial charge < -0.3 is 9.80 Å². The molecule has 24 heavy (non-hydrogen) atoms. The van der Waals surface area contributed by atoms with Gasteiger partial charge in [-0.15, -0.1) is 0 Å². The van der Waals surface area contributed by atoms with Gasteiger partial charge in [0.2, 0.25) is 0 Å². The number of fused-ring (bicyclic) bond motifs is 2. The molecule has 2 aromatic rings. The SMILES string of the molecule is CSc1nccc(N2CC3CC(C2)N3c2ccnc(C(C)C)n2)n1. The fraction of sp³-hybridized carbons (Fsp3) is 0.529. The summed E-state index contributed by atoms with van der Waals surface area (Å²) >= 11 is 1.58. The van der Waals surface area contributed by atoms with Gasteiger partial charge in [-0.2, -0.15) is 0 Å². The zero-order chi connectivity index (χ0) is 16.7. The third-order valence-electron chi connectivity index (χ3n) is 4.76. The molecule has 0 saturated carbocycles. The Labute approximate surface area is 146 Å². The quantitative estimate of drug-likeness (QED) is 0.625. The van der Waals surface area contributed by atoms with Gasteiger partial charge in [0.05, 0.1) is 12.1 Å². The highest BCUT2D eigenvalue weighted by molar-refractivity contribution is 7.98. The van der Waals surface area contributed by atoms with Crippen molar-refractivity contribution in [2.45, 2.75) is 43.4 Å². The molecule has 0 amide bonds. The minimum Gasteiger partial charge on any atom is -0.352 e. The van der Waals surface area contributed by atoms with E-state index in [1.165, 1.54) is 6.42 Å². The Kier molecular flexibility index (Phi) is 4.04. The Morgan fingerprint density at radius 1 is 1.04 bits per heavy atom. The molecule has 0 spiro atoms. The van der Waals surface area contributed by atoms with Gasteiger partial charge in [0.25, 0.3) is 0 Å². The molecule has 3 saturated heterocycles. The molecule has 3 aliphatic heterocycles. The first-order chi connectivity index (χ1) is 11.7. The lowest BCUT2D eigenvalue weighted by Crippen LogP contribution is -2.69. The highest BCUT2D eigenvalue weighted by Crippen LogP contribution is 2.37. The number of thioether (sulfide) groups is 1. The predicted octanol–water partition coefficient (Wildman–Crippen LogP) is 2.58. The second-order valence-corrected chi connectivity index (χ2v) is 7.46. The lowest BCUT2D eigenvalue weighted by molar-refractivity contribution is 0.287. The topological polar surface area (TPSA) is 58.0 Å². The fourth-order valence-electron chi connectivity index (χ4n) is 3.56. The number of nitrogens with zero attached hydrogens (tertiary/aromatic N) is 6. The van der Waals surface area contributed by atoms with E-state index in [0.717, 1.165) is 35.7 Å². The molecule has 2 atom stereocenters. The molecular weight excluding hydrogens is 320 g/mol. The standard InChI is InChI=1S/C17H22N6S/c1-11(2)16-18-6-5-15(20-16)23-12-8-13(23)10-22(9-12)14-4-7-19-17(21-14)24-3/h4-7,11-13H,8-10H2,1-3H3. The van der Waals surface area contributed by atoms with Crippen LogP contribution in [0.2, 0.25) is 0 Å². The average molecular weight is 342 g/mol. The maximum absolute atomic E-state index is 4.77. The van der Waals surface area contributed by atoms with Gasteiger partial charge >= 0.3 is 0 Å². The molecule has 0 aliphatic carbocycles. The van der Waals surface area contributed by atoms with Crippen LogP contribution in [-0.2, 0) is 0 Å². The third-order valence-corrected chi connectivity index (χ3v) is 5.32. The van der Waals surface area contributed by atoms with E-state index >= 15 is 0 Å². The molecule has 0 N–H and O–H groups in total. The van der Waals surface area contributed by atoms with Crippen LogP contribution >= 0.6 is 11.8 Å². The molecule has 2 aromatic heterocycles. The second kappa shape index (κ2) is 6.20. The van der Waals surface area contributed by atoms with E-state index in [9.17, 15) is 0 Å². The summed E-state index contributed by atoms with van der Waals surface area (Å²) in [6.07, 6.45) is 6.98. The van der Waals surface area contributed by atoms with E-state index in [1.54, 1.807) is 11.8 Å². The van der Waals surface area contributed by atoms with Crippen LogP contribution in [0.25, 0.3) is 0 Å². The smallest absolute Gasteiger partial charge is 0.189 e. The summed E-state index contributed by atoms with van der Waals surface area (Å²) in [5, 5.41) is 0.834.